The van der Waals surface area contributed by atoms with Gasteiger partial charge in [-0.15, -0.1) is 0 Å². The monoisotopic (exact) mass is 249 g/mol. The summed E-state index contributed by atoms with van der Waals surface area (Å²) in [5.74, 6) is 0.438. The Balaban J connectivity index is 2.28. The molecule has 1 aliphatic carbocycles. The molecule has 2 unspecified atom stereocenters. The van der Waals surface area contributed by atoms with Crippen LogP contribution in [0.3, 0.4) is 0 Å². The van der Waals surface area contributed by atoms with E-state index in [9.17, 15) is 9.18 Å². The van der Waals surface area contributed by atoms with Gasteiger partial charge in [0.2, 0.25) is 0 Å². The molecule has 0 spiro atoms. The maximum absolute atomic E-state index is 13.3. The fourth-order valence-electron chi connectivity index (χ4n) is 2.93. The summed E-state index contributed by atoms with van der Waals surface area (Å²) in [5.41, 5.74) is 0.474. The second-order valence-corrected chi connectivity index (χ2v) is 6.02. The van der Waals surface area contributed by atoms with E-state index in [-0.39, 0.29) is 17.2 Å². The van der Waals surface area contributed by atoms with Crippen molar-refractivity contribution in [2.24, 2.45) is 11.8 Å². The van der Waals surface area contributed by atoms with Gasteiger partial charge in [-0.05, 0) is 30.4 Å². The van der Waals surface area contributed by atoms with Gasteiger partial charge in [-0.3, -0.25) is 9.78 Å². The molecule has 2 rings (SSSR count). The number of carbonyl (C=O) groups excluding carboxylic acids is 1. The fraction of sp³-hybridized carbons (Fsp3) is 0.600. The molecule has 1 saturated carbocycles. The van der Waals surface area contributed by atoms with Gasteiger partial charge >= 0.3 is 0 Å². The first-order chi connectivity index (χ1) is 8.41. The number of aromatic nitrogens is 1. The summed E-state index contributed by atoms with van der Waals surface area (Å²) in [6.45, 7) is 6.15. The van der Waals surface area contributed by atoms with E-state index < -0.39 is 0 Å². The van der Waals surface area contributed by atoms with Crippen LogP contribution in [0.15, 0.2) is 18.5 Å². The summed E-state index contributed by atoms with van der Waals surface area (Å²) in [6, 6.07) is 1.50. The SMILES string of the molecule is CC1CCC(C(C)(C)c2cncc(F)c2)C(=O)C1. The highest BCUT2D eigenvalue weighted by Crippen LogP contribution is 2.40. The topological polar surface area (TPSA) is 30.0 Å². The van der Waals surface area contributed by atoms with E-state index in [2.05, 4.69) is 11.9 Å². The number of rotatable bonds is 2. The molecule has 0 saturated heterocycles. The van der Waals surface area contributed by atoms with Crippen molar-refractivity contribution in [3.63, 3.8) is 0 Å². The molecule has 1 aromatic rings. The Morgan fingerprint density at radius 1 is 1.33 bits per heavy atom. The van der Waals surface area contributed by atoms with E-state index in [0.717, 1.165) is 18.4 Å². The Bertz CT molecular complexity index is 456. The molecule has 1 aliphatic rings. The molecule has 3 heteroatoms. The summed E-state index contributed by atoms with van der Waals surface area (Å²) >= 11 is 0. The molecule has 1 fully saturated rings. The van der Waals surface area contributed by atoms with Gasteiger partial charge in [0.15, 0.2) is 0 Å². The first-order valence-corrected chi connectivity index (χ1v) is 6.55. The van der Waals surface area contributed by atoms with Gasteiger partial charge in [0.1, 0.15) is 11.6 Å². The zero-order valence-electron chi connectivity index (χ0n) is 11.2. The number of ketones is 1. The zero-order chi connectivity index (χ0) is 13.3. The number of hydrogen-bond donors (Lipinski definition) is 0. The van der Waals surface area contributed by atoms with Crippen LogP contribution in [0.25, 0.3) is 0 Å². The first-order valence-electron chi connectivity index (χ1n) is 6.55. The molecule has 2 nitrogen and oxygen atoms in total. The molecule has 1 aromatic heterocycles. The third-order valence-electron chi connectivity index (χ3n) is 4.21. The smallest absolute Gasteiger partial charge is 0.141 e. The van der Waals surface area contributed by atoms with Crippen molar-refractivity contribution in [1.82, 2.24) is 4.98 Å². The van der Waals surface area contributed by atoms with Gasteiger partial charge in [0, 0.05) is 24.0 Å². The lowest BCUT2D eigenvalue weighted by Crippen LogP contribution is -2.38. The van der Waals surface area contributed by atoms with Crippen molar-refractivity contribution in [3.05, 3.63) is 29.8 Å². The van der Waals surface area contributed by atoms with Gasteiger partial charge in [0.25, 0.3) is 0 Å². The largest absolute Gasteiger partial charge is 0.299 e. The third-order valence-corrected chi connectivity index (χ3v) is 4.21. The van der Waals surface area contributed by atoms with Crippen LogP contribution in [0, 0.1) is 17.7 Å². The first kappa shape index (κ1) is 13.2. The lowest BCUT2D eigenvalue weighted by Gasteiger charge is -2.37. The lowest BCUT2D eigenvalue weighted by atomic mass is 9.65. The van der Waals surface area contributed by atoms with Crippen molar-refractivity contribution >= 4 is 5.78 Å². The molecule has 0 amide bonds. The minimum atomic E-state index is -0.341. The minimum absolute atomic E-state index is 0.0164. The predicted octanol–water partition coefficient (Wildman–Crippen LogP) is 3.50. The standard InChI is InChI=1S/C15H20FNO/c1-10-4-5-13(14(18)6-10)15(2,3)11-7-12(16)9-17-8-11/h7-10,13H,4-6H2,1-3H3. The van der Waals surface area contributed by atoms with Gasteiger partial charge in [-0.1, -0.05) is 20.8 Å². The zero-order valence-corrected chi connectivity index (χ0v) is 11.2. The normalized spacial score (nSPS) is 25.2. The van der Waals surface area contributed by atoms with Crippen LogP contribution in [-0.2, 0) is 10.2 Å². The summed E-state index contributed by atoms with van der Waals surface area (Å²) in [6.07, 6.45) is 5.49. The predicted molar refractivity (Wildman–Crippen MR) is 68.7 cm³/mol. The Kier molecular flexibility index (Phi) is 3.51. The molecule has 1 heterocycles. The highest BCUT2D eigenvalue weighted by Gasteiger charge is 2.39. The second kappa shape index (κ2) is 4.79. The van der Waals surface area contributed by atoms with Crippen LogP contribution in [0.1, 0.15) is 45.6 Å². The minimum Gasteiger partial charge on any atom is -0.299 e. The molecule has 0 aliphatic heterocycles. The second-order valence-electron chi connectivity index (χ2n) is 6.02. The molecule has 98 valence electrons. The van der Waals surface area contributed by atoms with Crippen molar-refractivity contribution < 1.29 is 9.18 Å². The highest BCUT2D eigenvalue weighted by molar-refractivity contribution is 5.83. The number of carbonyl (C=O) groups is 1. The average molecular weight is 249 g/mol. The van der Waals surface area contributed by atoms with Crippen molar-refractivity contribution in [3.8, 4) is 0 Å². The maximum atomic E-state index is 13.3. The lowest BCUT2D eigenvalue weighted by molar-refractivity contribution is -0.128. The molecule has 2 atom stereocenters. The number of nitrogens with zero attached hydrogens (tertiary/aromatic N) is 1. The van der Waals surface area contributed by atoms with Crippen LogP contribution >= 0.6 is 0 Å². The molecular weight excluding hydrogens is 229 g/mol. The van der Waals surface area contributed by atoms with Crippen molar-refractivity contribution in [2.45, 2.75) is 45.4 Å². The number of halogens is 1. The maximum Gasteiger partial charge on any atom is 0.141 e. The summed E-state index contributed by atoms with van der Waals surface area (Å²) in [4.78, 5) is 16.1. The van der Waals surface area contributed by atoms with Crippen LogP contribution in [0.4, 0.5) is 4.39 Å². The highest BCUT2D eigenvalue weighted by atomic mass is 19.1. The van der Waals surface area contributed by atoms with E-state index in [0.29, 0.717) is 18.1 Å². The van der Waals surface area contributed by atoms with E-state index in [1.54, 1.807) is 6.20 Å². The van der Waals surface area contributed by atoms with Crippen LogP contribution in [-0.4, -0.2) is 10.8 Å². The summed E-state index contributed by atoms with van der Waals surface area (Å²) in [7, 11) is 0. The van der Waals surface area contributed by atoms with E-state index in [1.165, 1.54) is 12.3 Å². The summed E-state index contributed by atoms with van der Waals surface area (Å²) < 4.78 is 13.3. The van der Waals surface area contributed by atoms with E-state index in [1.807, 2.05) is 13.8 Å². The Morgan fingerprint density at radius 3 is 2.67 bits per heavy atom. The number of Topliss-reactive ketones (excluding diaryl/α,β-unsaturated/α-hetero) is 1. The van der Waals surface area contributed by atoms with Crippen LogP contribution < -0.4 is 0 Å². The van der Waals surface area contributed by atoms with Gasteiger partial charge in [-0.2, -0.15) is 0 Å². The van der Waals surface area contributed by atoms with E-state index >= 15 is 0 Å². The Hall–Kier alpha value is -1.25. The number of hydrogen-bond acceptors (Lipinski definition) is 2. The Morgan fingerprint density at radius 2 is 2.06 bits per heavy atom. The van der Waals surface area contributed by atoms with Gasteiger partial charge in [-0.25, -0.2) is 4.39 Å². The van der Waals surface area contributed by atoms with Crippen LogP contribution in [0.5, 0.6) is 0 Å². The van der Waals surface area contributed by atoms with Crippen LogP contribution in [0.2, 0.25) is 0 Å². The molecule has 0 aromatic carbocycles. The third kappa shape index (κ3) is 2.45. The summed E-state index contributed by atoms with van der Waals surface area (Å²) in [5, 5.41) is 0. The van der Waals surface area contributed by atoms with Gasteiger partial charge < -0.3 is 0 Å². The van der Waals surface area contributed by atoms with Gasteiger partial charge in [0.05, 0.1) is 6.20 Å². The molecule has 0 N–H and O–H groups in total. The molecule has 18 heavy (non-hydrogen) atoms. The average Bonchev–Trinajstić information content (AvgIpc) is 2.28. The quantitative estimate of drug-likeness (QED) is 0.803. The molecule has 0 radical (unpaired) electrons. The van der Waals surface area contributed by atoms with E-state index in [4.69, 9.17) is 0 Å². The molecule has 0 bridgehead atoms. The van der Waals surface area contributed by atoms with Crippen molar-refractivity contribution in [1.29, 1.82) is 0 Å². The fourth-order valence-corrected chi connectivity index (χ4v) is 2.93. The number of pyridine rings is 1. The molecular formula is C15H20FNO. The van der Waals surface area contributed by atoms with Crippen molar-refractivity contribution in [2.75, 3.05) is 0 Å². The Labute approximate surface area is 108 Å².